The van der Waals surface area contributed by atoms with Gasteiger partial charge in [-0.05, 0) is 128 Å². The predicted octanol–water partition coefficient (Wildman–Crippen LogP) is 17.9. The molecule has 0 N–H and O–H groups in total. The van der Waals surface area contributed by atoms with E-state index in [1.54, 1.807) is 0 Å². The minimum absolute atomic E-state index is 0.000135. The van der Waals surface area contributed by atoms with Crippen molar-refractivity contribution in [3.05, 3.63) is 24.3 Å². The normalized spacial score (nSPS) is 16.6. The minimum atomic E-state index is -0.147. The number of likely N-dealkylation sites (tertiary alicyclic amines) is 1. The Morgan fingerprint density at radius 2 is 0.846 bits per heavy atom. The number of carbonyl (C=O) groups is 4. The van der Waals surface area contributed by atoms with Crippen molar-refractivity contribution in [1.29, 1.82) is 0 Å². The maximum absolute atomic E-state index is 12.8. The molecule has 0 aromatic carbocycles. The minimum Gasteiger partial charge on any atom is -0.466 e. The molecule has 3 rings (SSSR count). The number of hydrogen-bond acceptors (Lipinski definition) is 10. The lowest BCUT2D eigenvalue weighted by Crippen LogP contribution is -2.36. The molecule has 3 fully saturated rings. The highest BCUT2D eigenvalue weighted by atomic mass is 16.6. The van der Waals surface area contributed by atoms with E-state index in [4.69, 9.17) is 18.9 Å². The molecule has 0 spiro atoms. The summed E-state index contributed by atoms with van der Waals surface area (Å²) in [5.41, 5.74) is 0. The van der Waals surface area contributed by atoms with Crippen molar-refractivity contribution in [2.24, 2.45) is 11.8 Å². The van der Waals surface area contributed by atoms with Gasteiger partial charge in [-0.2, -0.15) is 0 Å². The molecule has 452 valence electrons. The Balaban J connectivity index is 1.17. The Labute approximate surface area is 479 Å². The smallest absolute Gasteiger partial charge is 0.307 e. The number of nitrogens with zero attached hydrogens (tertiary/aromatic N) is 2. The summed E-state index contributed by atoms with van der Waals surface area (Å²) < 4.78 is 23.3. The summed E-state index contributed by atoms with van der Waals surface area (Å²) in [6, 6.07) is 0. The maximum atomic E-state index is 12.8. The number of ether oxygens (including phenoxy) is 4. The number of hydrogen-bond donors (Lipinski definition) is 0. The molecule has 2 atom stereocenters. The molecule has 0 amide bonds. The molecule has 1 saturated heterocycles. The van der Waals surface area contributed by atoms with Crippen molar-refractivity contribution in [1.82, 2.24) is 9.80 Å². The van der Waals surface area contributed by atoms with Crippen LogP contribution in [-0.2, 0) is 38.1 Å². The van der Waals surface area contributed by atoms with Crippen LogP contribution in [0, 0.1) is 11.8 Å². The van der Waals surface area contributed by atoms with Crippen LogP contribution in [0.4, 0.5) is 0 Å². The number of rotatable bonds is 51. The summed E-state index contributed by atoms with van der Waals surface area (Å²) in [7, 11) is 0. The van der Waals surface area contributed by atoms with Crippen LogP contribution in [0.2, 0.25) is 0 Å². The van der Waals surface area contributed by atoms with Gasteiger partial charge in [-0.3, -0.25) is 19.2 Å². The molecular weight excluding hydrogens is 973 g/mol. The molecule has 10 heteroatoms. The van der Waals surface area contributed by atoms with Gasteiger partial charge in [0.05, 0.1) is 26.1 Å². The van der Waals surface area contributed by atoms with Gasteiger partial charge in [-0.15, -0.1) is 0 Å². The van der Waals surface area contributed by atoms with Crippen molar-refractivity contribution in [3.63, 3.8) is 0 Å². The summed E-state index contributed by atoms with van der Waals surface area (Å²) in [4.78, 5) is 55.7. The molecule has 0 aromatic rings. The lowest BCUT2D eigenvalue weighted by atomic mass is 9.86. The van der Waals surface area contributed by atoms with Crippen LogP contribution >= 0.6 is 0 Å². The quantitative estimate of drug-likeness (QED) is 0.0253. The zero-order valence-corrected chi connectivity index (χ0v) is 51.0. The summed E-state index contributed by atoms with van der Waals surface area (Å²) >= 11 is 0. The van der Waals surface area contributed by atoms with Gasteiger partial charge in [-0.25, -0.2) is 0 Å². The largest absolute Gasteiger partial charge is 0.466 e. The zero-order chi connectivity index (χ0) is 55.6. The van der Waals surface area contributed by atoms with Gasteiger partial charge < -0.3 is 28.7 Å². The van der Waals surface area contributed by atoms with Crippen LogP contribution in [0.3, 0.4) is 0 Å². The van der Waals surface area contributed by atoms with Crippen molar-refractivity contribution >= 4 is 23.9 Å². The first-order valence-electron chi connectivity index (χ1n) is 33.8. The molecule has 2 unspecified atom stereocenters. The first-order chi connectivity index (χ1) is 38.3. The third-order valence-corrected chi connectivity index (χ3v) is 17.2. The lowest BCUT2D eigenvalue weighted by Gasteiger charge is -2.24. The lowest BCUT2D eigenvalue weighted by molar-refractivity contribution is -0.150. The zero-order valence-electron chi connectivity index (χ0n) is 51.0. The number of esters is 4. The number of carbonyl (C=O) groups excluding carboxylic acids is 4. The fraction of sp³-hybridized carbons (Fsp3) is 0.882. The van der Waals surface area contributed by atoms with E-state index in [-0.39, 0.29) is 36.1 Å². The monoisotopic (exact) mass is 1090 g/mol. The van der Waals surface area contributed by atoms with E-state index in [0.29, 0.717) is 52.0 Å². The van der Waals surface area contributed by atoms with Gasteiger partial charge in [0, 0.05) is 51.9 Å². The molecule has 78 heavy (non-hydrogen) atoms. The Hall–Kier alpha value is -2.72. The third-order valence-electron chi connectivity index (χ3n) is 17.2. The van der Waals surface area contributed by atoms with E-state index < -0.39 is 0 Å². The second-order valence-electron chi connectivity index (χ2n) is 24.3. The average Bonchev–Trinajstić information content (AvgIpc) is 3.98. The second kappa shape index (κ2) is 50.0. The number of allylic oxidation sites excluding steroid dienone is 2. The van der Waals surface area contributed by atoms with Crippen molar-refractivity contribution < 1.29 is 38.1 Å². The van der Waals surface area contributed by atoms with Crippen LogP contribution in [-0.4, -0.2) is 98.4 Å². The first-order valence-corrected chi connectivity index (χ1v) is 33.8. The van der Waals surface area contributed by atoms with Crippen LogP contribution in [0.5, 0.6) is 0 Å². The third kappa shape index (κ3) is 40.5. The highest BCUT2D eigenvalue weighted by molar-refractivity contribution is 5.70. The highest BCUT2D eigenvalue weighted by Gasteiger charge is 2.20. The Morgan fingerprint density at radius 3 is 1.28 bits per heavy atom. The average molecular weight is 1100 g/mol. The molecule has 1 aliphatic heterocycles. The molecule has 1 heterocycles. The van der Waals surface area contributed by atoms with E-state index in [1.165, 1.54) is 167 Å². The Bertz CT molecular complexity index is 1400. The fourth-order valence-corrected chi connectivity index (χ4v) is 12.1. The topological polar surface area (TPSA) is 112 Å². The van der Waals surface area contributed by atoms with E-state index >= 15 is 0 Å². The summed E-state index contributed by atoms with van der Waals surface area (Å²) in [5, 5.41) is 0. The summed E-state index contributed by atoms with van der Waals surface area (Å²) in [6.45, 7) is 10.7. The van der Waals surface area contributed by atoms with Gasteiger partial charge in [0.1, 0.15) is 12.2 Å². The van der Waals surface area contributed by atoms with E-state index in [0.717, 1.165) is 141 Å². The van der Waals surface area contributed by atoms with Crippen LogP contribution in [0.25, 0.3) is 0 Å². The molecule has 3 aliphatic rings. The van der Waals surface area contributed by atoms with Gasteiger partial charge in [0.15, 0.2) is 0 Å². The predicted molar refractivity (Wildman–Crippen MR) is 324 cm³/mol. The second-order valence-corrected chi connectivity index (χ2v) is 24.3. The SMILES string of the molecule is CCCCCCC(C/C=C\CCCCCCCCOC(=O)CCN(CCC(=O)OCCCCCCCC/C=C\CC(CCCCCC)OC(=O)CCCC1CCCCC1)CCN1CCCC1)OC(=O)CCCC1CCCCC1. The van der Waals surface area contributed by atoms with E-state index in [2.05, 4.69) is 48.0 Å². The van der Waals surface area contributed by atoms with Crippen molar-refractivity contribution in [2.45, 2.75) is 321 Å². The van der Waals surface area contributed by atoms with Crippen molar-refractivity contribution in [3.8, 4) is 0 Å². The standard InChI is InChI=1S/C68H122N2O8/c1-3-5-7-29-45-63(77-67(73)49-37-43-61-39-25-23-26-40-61)47-31-19-15-11-9-13-17-21-35-59-75-65(71)51-55-70(58-57-69-53-33-34-54-69)56-52-66(72)76-60-36-22-18-14-10-12-16-20-32-48-64(46-30-8-6-4-2)78-68(74)50-38-44-62-41-27-24-28-42-62/h19-20,31-32,61-64H,3-18,21-30,33-60H2,1-2H3/b31-19-,32-20-. The summed E-state index contributed by atoms with van der Waals surface area (Å²) in [6.07, 6.45) is 60.0. The molecule has 2 aliphatic carbocycles. The van der Waals surface area contributed by atoms with E-state index in [1.807, 2.05) is 0 Å². The van der Waals surface area contributed by atoms with E-state index in [9.17, 15) is 19.2 Å². The van der Waals surface area contributed by atoms with Gasteiger partial charge in [-0.1, -0.05) is 192 Å². The van der Waals surface area contributed by atoms with Crippen LogP contribution in [0.15, 0.2) is 24.3 Å². The fourth-order valence-electron chi connectivity index (χ4n) is 12.1. The van der Waals surface area contributed by atoms with Gasteiger partial charge >= 0.3 is 23.9 Å². The molecule has 0 radical (unpaired) electrons. The molecule has 0 aromatic heterocycles. The molecule has 10 nitrogen and oxygen atoms in total. The maximum Gasteiger partial charge on any atom is 0.307 e. The van der Waals surface area contributed by atoms with Crippen LogP contribution in [0.1, 0.15) is 309 Å². The Kier molecular flexibility index (Phi) is 44.6. The van der Waals surface area contributed by atoms with Gasteiger partial charge in [0.25, 0.3) is 0 Å². The number of unbranched alkanes of at least 4 members (excludes halogenated alkanes) is 18. The van der Waals surface area contributed by atoms with Gasteiger partial charge in [0.2, 0.25) is 0 Å². The Morgan fingerprint density at radius 1 is 0.436 bits per heavy atom. The molecule has 2 saturated carbocycles. The summed E-state index contributed by atoms with van der Waals surface area (Å²) in [5.74, 6) is 1.34. The molecular formula is C68H122N2O8. The van der Waals surface area contributed by atoms with Crippen LogP contribution < -0.4 is 0 Å². The first kappa shape index (κ1) is 69.5. The highest BCUT2D eigenvalue weighted by Crippen LogP contribution is 2.29. The van der Waals surface area contributed by atoms with Crippen molar-refractivity contribution in [2.75, 3.05) is 52.5 Å². The molecule has 0 bridgehead atoms.